The molecule has 2 amide bonds. The van der Waals surface area contributed by atoms with E-state index in [1.807, 2.05) is 0 Å². The minimum Gasteiger partial charge on any atom is -0.489 e. The van der Waals surface area contributed by atoms with Gasteiger partial charge in [0.05, 0.1) is 5.69 Å². The second-order valence-electron chi connectivity index (χ2n) is 7.36. The van der Waals surface area contributed by atoms with Gasteiger partial charge in [0.2, 0.25) is 5.91 Å². The molecular weight excluding hydrogens is 541 g/mol. The van der Waals surface area contributed by atoms with Gasteiger partial charge >= 0.3 is 88.1 Å². The van der Waals surface area contributed by atoms with Gasteiger partial charge in [0.1, 0.15) is 24.0 Å². The zero-order valence-corrected chi connectivity index (χ0v) is 21.2. The van der Waals surface area contributed by atoms with Crippen molar-refractivity contribution in [3.8, 4) is 11.5 Å². The van der Waals surface area contributed by atoms with Crippen molar-refractivity contribution in [2.45, 2.75) is 26.9 Å². The first-order valence-corrected chi connectivity index (χ1v) is 13.9. The Balaban J connectivity index is 0.000000269. The molecule has 0 fully saturated rings. The smallest absolute Gasteiger partial charge is 0.224 e. The molecule has 0 aliphatic rings. The molecule has 5 N–H and O–H groups in total. The molecule has 0 radical (unpaired) electrons. The van der Waals surface area contributed by atoms with Gasteiger partial charge in [-0.05, 0) is 29.8 Å². The first kappa shape index (κ1) is 28.6. The van der Waals surface area contributed by atoms with Gasteiger partial charge in [-0.1, -0.05) is 19.1 Å². The number of hydrogen-bond acceptors (Lipinski definition) is 5. The zero-order valence-electron chi connectivity index (χ0n) is 19.4. The van der Waals surface area contributed by atoms with E-state index >= 15 is 0 Å². The van der Waals surface area contributed by atoms with E-state index in [4.69, 9.17) is 12.9 Å². The molecule has 0 heterocycles. The van der Waals surface area contributed by atoms with Crippen LogP contribution in [0.3, 0.4) is 0 Å². The van der Waals surface area contributed by atoms with Crippen molar-refractivity contribution >= 4 is 41.7 Å². The van der Waals surface area contributed by atoms with E-state index in [0.29, 0.717) is 5.75 Å². The molecule has 0 unspecified atom stereocenters. The molecule has 0 aliphatic carbocycles. The third-order valence-corrected chi connectivity index (χ3v) is 6.59. The minimum absolute atomic E-state index is 0.121. The van der Waals surface area contributed by atoms with Gasteiger partial charge in [-0.15, -0.1) is 0 Å². The normalized spacial score (nSPS) is 10.6. The van der Waals surface area contributed by atoms with Crippen molar-refractivity contribution in [1.29, 1.82) is 0 Å². The predicted octanol–water partition coefficient (Wildman–Crippen LogP) is 2.80. The van der Waals surface area contributed by atoms with E-state index in [9.17, 15) is 27.2 Å². The molecule has 3 rings (SSSR count). The fraction of sp³-hybridized carbons (Fsp3) is 0.167. The van der Waals surface area contributed by atoms with Gasteiger partial charge in [0.15, 0.2) is 0 Å². The monoisotopic (exact) mass is 566 g/mol. The summed E-state index contributed by atoms with van der Waals surface area (Å²) in [5, 5.41) is 14.0. The van der Waals surface area contributed by atoms with Crippen LogP contribution >= 0.6 is 0 Å². The van der Waals surface area contributed by atoms with Crippen molar-refractivity contribution in [2.75, 3.05) is 10.6 Å². The number of amides is 2. The Morgan fingerprint density at radius 1 is 1.00 bits per heavy atom. The molecule has 12 heteroatoms. The second kappa shape index (κ2) is 12.9. The van der Waals surface area contributed by atoms with Crippen LogP contribution in [0.25, 0.3) is 0 Å². The Kier molecular flexibility index (Phi) is 10.2. The average Bonchev–Trinajstić information content (AvgIpc) is 2.81. The summed E-state index contributed by atoms with van der Waals surface area (Å²) in [4.78, 5) is 22.0. The molecule has 192 valence electrons. The summed E-state index contributed by atoms with van der Waals surface area (Å²) < 4.78 is 60.7. The molecule has 0 saturated heterocycles. The Labute approximate surface area is 208 Å². The third-order valence-electron chi connectivity index (χ3n) is 4.49. The van der Waals surface area contributed by atoms with E-state index in [2.05, 4.69) is 10.6 Å². The van der Waals surface area contributed by atoms with E-state index in [1.54, 1.807) is 25.1 Å². The molecule has 0 aromatic heterocycles. The number of nitrogens with one attached hydrogen (secondary N) is 2. The number of ether oxygens (including phenoxy) is 1. The summed E-state index contributed by atoms with van der Waals surface area (Å²) in [6.07, 6.45) is 0.280. The van der Waals surface area contributed by atoms with E-state index < -0.39 is 25.9 Å². The minimum atomic E-state index is -5.14. The van der Waals surface area contributed by atoms with Crippen LogP contribution in [0.1, 0.15) is 25.8 Å². The quantitative estimate of drug-likeness (QED) is 0.219. The van der Waals surface area contributed by atoms with Crippen LogP contribution in [0, 0.1) is 11.6 Å². The Hall–Kier alpha value is -3.66. The summed E-state index contributed by atoms with van der Waals surface area (Å²) in [5.74, 6) is -1.68. The predicted molar refractivity (Wildman–Crippen MR) is 129 cm³/mol. The van der Waals surface area contributed by atoms with Crippen LogP contribution in [0.4, 0.5) is 20.2 Å². The number of para-hydroxylation sites is 1. The molecule has 0 atom stereocenters. The standard InChI is InChI=1S/C16H15F2NO2.C8H10AsNO5/c1-2-16(20)19-15-8-7-13(9-14(15)18)21-10-11-3-5-12(17)6-4-11;1-5(11)10-8-6(9(13,14)15)3-2-4-7(8)12/h3-9H,2,10H2,1H3,(H,19,20);2-4,12H,1H3,(H,10,11)(H2,13,14,15). The van der Waals surface area contributed by atoms with Gasteiger partial charge in [-0.2, -0.15) is 0 Å². The van der Waals surface area contributed by atoms with Crippen LogP contribution in [-0.2, 0) is 19.9 Å². The summed E-state index contributed by atoms with van der Waals surface area (Å²) in [6, 6.07) is 13.8. The molecule has 0 aliphatic heterocycles. The fourth-order valence-corrected chi connectivity index (χ4v) is 4.30. The van der Waals surface area contributed by atoms with E-state index in [0.717, 1.165) is 5.56 Å². The Bertz CT molecular complexity index is 1260. The van der Waals surface area contributed by atoms with Gasteiger partial charge < -0.3 is 10.1 Å². The summed E-state index contributed by atoms with van der Waals surface area (Å²) in [7, 11) is 0. The Morgan fingerprint density at radius 2 is 1.67 bits per heavy atom. The molecule has 0 spiro atoms. The van der Waals surface area contributed by atoms with Crippen molar-refractivity contribution in [3.63, 3.8) is 0 Å². The first-order chi connectivity index (χ1) is 16.9. The maximum atomic E-state index is 13.8. The SMILES string of the molecule is CC(=O)Nc1c(O)cccc1[As](=O)(O)O.CCC(=O)Nc1ccc(OCc2ccc(F)cc2)cc1F. The topological polar surface area (TPSA) is 145 Å². The Morgan fingerprint density at radius 3 is 2.22 bits per heavy atom. The van der Waals surface area contributed by atoms with Crippen molar-refractivity contribution in [1.82, 2.24) is 0 Å². The van der Waals surface area contributed by atoms with Crippen molar-refractivity contribution in [3.05, 3.63) is 77.9 Å². The van der Waals surface area contributed by atoms with Crippen LogP contribution in [0.2, 0.25) is 0 Å². The number of anilines is 2. The molecule has 9 nitrogen and oxygen atoms in total. The molecular formula is C24H25AsF2N2O7. The molecule has 0 bridgehead atoms. The average molecular weight is 566 g/mol. The number of benzene rings is 3. The van der Waals surface area contributed by atoms with Gasteiger partial charge in [0, 0.05) is 12.5 Å². The van der Waals surface area contributed by atoms with Gasteiger partial charge in [-0.3, -0.25) is 4.79 Å². The van der Waals surface area contributed by atoms with Crippen LogP contribution in [0.15, 0.2) is 60.7 Å². The number of phenolic OH excluding ortho intramolecular Hbond substituents is 1. The third kappa shape index (κ3) is 8.84. The van der Waals surface area contributed by atoms with Crippen molar-refractivity contribution in [2.24, 2.45) is 0 Å². The van der Waals surface area contributed by atoms with Crippen LogP contribution in [0.5, 0.6) is 11.5 Å². The molecule has 3 aromatic carbocycles. The zero-order chi connectivity index (χ0) is 26.9. The first-order valence-electron chi connectivity index (χ1n) is 10.5. The number of carbonyl (C=O) groups excluding carboxylic acids is 2. The number of halogens is 2. The maximum absolute atomic E-state index is 13.8. The number of phenols is 1. The van der Waals surface area contributed by atoms with Crippen molar-refractivity contribution < 1.29 is 40.1 Å². The van der Waals surface area contributed by atoms with E-state index in [1.165, 1.54) is 49.4 Å². The molecule has 0 saturated carbocycles. The molecule has 3 aromatic rings. The van der Waals surface area contributed by atoms with Gasteiger partial charge in [0.25, 0.3) is 0 Å². The maximum Gasteiger partial charge on any atom is 0.224 e. The van der Waals surface area contributed by atoms with E-state index in [-0.39, 0.29) is 46.2 Å². The number of aromatic hydroxyl groups is 1. The second-order valence-corrected chi connectivity index (χ2v) is 10.6. The number of hydrogen-bond donors (Lipinski definition) is 5. The molecule has 36 heavy (non-hydrogen) atoms. The summed E-state index contributed by atoms with van der Waals surface area (Å²) in [6.45, 7) is 3.08. The van der Waals surface area contributed by atoms with Gasteiger partial charge in [-0.25, -0.2) is 8.78 Å². The largest absolute Gasteiger partial charge is 0.489 e. The summed E-state index contributed by atoms with van der Waals surface area (Å²) >= 11 is -5.14. The number of carbonyl (C=O) groups is 2. The van der Waals surface area contributed by atoms with Crippen LogP contribution < -0.4 is 19.7 Å². The fourth-order valence-electron chi connectivity index (χ4n) is 2.75. The van der Waals surface area contributed by atoms with Crippen LogP contribution in [-0.4, -0.2) is 39.3 Å². The summed E-state index contributed by atoms with van der Waals surface area (Å²) in [5.41, 5.74) is 0.675. The number of rotatable bonds is 7.